The summed E-state index contributed by atoms with van der Waals surface area (Å²) in [5, 5.41) is 11.9. The Morgan fingerprint density at radius 2 is 2.20 bits per heavy atom. The zero-order valence-corrected chi connectivity index (χ0v) is 11.7. The van der Waals surface area contributed by atoms with E-state index in [1.807, 2.05) is 22.7 Å². The van der Waals surface area contributed by atoms with Gasteiger partial charge in [-0.25, -0.2) is 0 Å². The second kappa shape index (κ2) is 4.92. The number of aromatic nitrogens is 5. The van der Waals surface area contributed by atoms with Gasteiger partial charge in [0.2, 0.25) is 0 Å². The summed E-state index contributed by atoms with van der Waals surface area (Å²) in [5.41, 5.74) is 1.63. The van der Waals surface area contributed by atoms with Crippen LogP contribution in [0.5, 0.6) is 0 Å². The van der Waals surface area contributed by atoms with E-state index >= 15 is 0 Å². The molecule has 0 aliphatic heterocycles. The first-order chi connectivity index (χ1) is 9.69. The van der Waals surface area contributed by atoms with E-state index in [-0.39, 0.29) is 0 Å². The Hall–Kier alpha value is -2.44. The average Bonchev–Trinajstić information content (AvgIpc) is 3.06. The van der Waals surface area contributed by atoms with Gasteiger partial charge < -0.3 is 9.42 Å². The van der Waals surface area contributed by atoms with Crippen molar-refractivity contribution in [2.75, 3.05) is 11.4 Å². The molecule has 0 atom stereocenters. The van der Waals surface area contributed by atoms with Gasteiger partial charge in [0, 0.05) is 18.8 Å². The third-order valence-corrected chi connectivity index (χ3v) is 3.17. The number of rotatable bonds is 4. The smallest absolute Gasteiger partial charge is 0.266 e. The van der Waals surface area contributed by atoms with E-state index < -0.39 is 0 Å². The van der Waals surface area contributed by atoms with Gasteiger partial charge in [0.1, 0.15) is 6.33 Å². The molecule has 0 saturated heterocycles. The number of hydrogen-bond donors (Lipinski definition) is 0. The van der Waals surface area contributed by atoms with Crippen molar-refractivity contribution in [1.29, 1.82) is 0 Å². The number of pyridine rings is 1. The highest BCUT2D eigenvalue weighted by Crippen LogP contribution is 2.21. The van der Waals surface area contributed by atoms with Crippen molar-refractivity contribution in [3.05, 3.63) is 24.7 Å². The van der Waals surface area contributed by atoms with E-state index in [9.17, 15) is 0 Å². The lowest BCUT2D eigenvalue weighted by Crippen LogP contribution is -2.31. The summed E-state index contributed by atoms with van der Waals surface area (Å²) in [4.78, 5) is 6.53. The minimum Gasteiger partial charge on any atom is -0.336 e. The van der Waals surface area contributed by atoms with Gasteiger partial charge in [-0.05, 0) is 38.1 Å². The van der Waals surface area contributed by atoms with E-state index in [0.29, 0.717) is 17.9 Å². The van der Waals surface area contributed by atoms with Crippen molar-refractivity contribution < 1.29 is 4.52 Å². The Balaban J connectivity index is 1.96. The van der Waals surface area contributed by atoms with Gasteiger partial charge in [0.25, 0.3) is 11.8 Å². The van der Waals surface area contributed by atoms with E-state index in [1.165, 1.54) is 0 Å². The topological polar surface area (TPSA) is 72.4 Å². The Bertz CT molecular complexity index is 716. The van der Waals surface area contributed by atoms with Gasteiger partial charge >= 0.3 is 0 Å². The fraction of sp³-hybridized carbons (Fsp3) is 0.385. The van der Waals surface area contributed by atoms with Gasteiger partial charge in [0.05, 0.1) is 5.56 Å². The molecular weight excluding hydrogens is 256 g/mol. The highest BCUT2D eigenvalue weighted by atomic mass is 16.5. The van der Waals surface area contributed by atoms with Crippen LogP contribution in [0, 0.1) is 0 Å². The lowest BCUT2D eigenvalue weighted by Gasteiger charge is -2.22. The molecule has 20 heavy (non-hydrogen) atoms. The minimum atomic E-state index is 0.325. The quantitative estimate of drug-likeness (QED) is 0.723. The zero-order valence-electron chi connectivity index (χ0n) is 11.7. The molecule has 0 amide bonds. The molecule has 0 fully saturated rings. The summed E-state index contributed by atoms with van der Waals surface area (Å²) in [6, 6.07) is 4.09. The zero-order chi connectivity index (χ0) is 14.1. The third-order valence-electron chi connectivity index (χ3n) is 3.17. The summed E-state index contributed by atoms with van der Waals surface area (Å²) in [6.45, 7) is 7.10. The summed E-state index contributed by atoms with van der Waals surface area (Å²) in [5.74, 6) is 1.11. The molecule has 3 aromatic heterocycles. The van der Waals surface area contributed by atoms with Crippen molar-refractivity contribution in [2.45, 2.75) is 26.8 Å². The first kappa shape index (κ1) is 12.6. The highest BCUT2D eigenvalue weighted by Gasteiger charge is 2.16. The molecule has 7 nitrogen and oxygen atoms in total. The maximum Gasteiger partial charge on any atom is 0.266 e. The van der Waals surface area contributed by atoms with Crippen LogP contribution < -0.4 is 4.90 Å². The maximum absolute atomic E-state index is 5.35. The molecule has 0 spiro atoms. The lowest BCUT2D eigenvalue weighted by atomic mass is 10.3. The molecule has 0 N–H and O–H groups in total. The van der Waals surface area contributed by atoms with Crippen molar-refractivity contribution >= 4 is 11.6 Å². The number of anilines is 1. The Labute approximate surface area is 116 Å². The first-order valence-corrected chi connectivity index (χ1v) is 6.59. The van der Waals surface area contributed by atoms with Gasteiger partial charge in [-0.2, -0.15) is 4.98 Å². The van der Waals surface area contributed by atoms with Crippen LogP contribution in [0.15, 0.2) is 29.2 Å². The van der Waals surface area contributed by atoms with Crippen LogP contribution in [-0.2, 0) is 0 Å². The molecule has 7 heteroatoms. The molecule has 3 rings (SSSR count). The second-order valence-electron chi connectivity index (χ2n) is 4.79. The average molecular weight is 272 g/mol. The van der Waals surface area contributed by atoms with Gasteiger partial charge in [-0.15, -0.1) is 10.2 Å². The minimum absolute atomic E-state index is 0.325. The van der Waals surface area contributed by atoms with Crippen LogP contribution in [0.25, 0.3) is 17.1 Å². The van der Waals surface area contributed by atoms with Gasteiger partial charge in [0.15, 0.2) is 5.65 Å². The Morgan fingerprint density at radius 3 is 2.95 bits per heavy atom. The molecule has 0 unspecified atom stereocenters. The Kier molecular flexibility index (Phi) is 3.09. The number of fused-ring (bicyclic) bond motifs is 1. The summed E-state index contributed by atoms with van der Waals surface area (Å²) in [6.07, 6.45) is 3.51. The lowest BCUT2D eigenvalue weighted by molar-refractivity contribution is 0.427. The maximum atomic E-state index is 5.35. The summed E-state index contributed by atoms with van der Waals surface area (Å²) < 4.78 is 7.17. The van der Waals surface area contributed by atoms with Crippen molar-refractivity contribution in [1.82, 2.24) is 24.7 Å². The van der Waals surface area contributed by atoms with E-state index in [1.54, 1.807) is 6.33 Å². The molecule has 0 aromatic carbocycles. The van der Waals surface area contributed by atoms with Crippen LogP contribution in [0.3, 0.4) is 0 Å². The van der Waals surface area contributed by atoms with Crippen LogP contribution in [0.4, 0.5) is 5.95 Å². The van der Waals surface area contributed by atoms with Crippen molar-refractivity contribution in [3.63, 3.8) is 0 Å². The predicted molar refractivity (Wildman–Crippen MR) is 74.4 cm³/mol. The van der Waals surface area contributed by atoms with Gasteiger partial charge in [-0.1, -0.05) is 0 Å². The molecule has 0 radical (unpaired) electrons. The van der Waals surface area contributed by atoms with Crippen LogP contribution in [0.1, 0.15) is 20.8 Å². The highest BCUT2D eigenvalue weighted by molar-refractivity contribution is 5.56. The number of hydrogen-bond acceptors (Lipinski definition) is 6. The van der Waals surface area contributed by atoms with E-state index in [2.05, 4.69) is 46.0 Å². The fourth-order valence-corrected chi connectivity index (χ4v) is 2.14. The molecule has 0 bridgehead atoms. The molecule has 3 aromatic rings. The predicted octanol–water partition coefficient (Wildman–Crippen LogP) is 2.01. The number of nitrogens with zero attached hydrogens (tertiary/aromatic N) is 6. The Morgan fingerprint density at radius 1 is 1.35 bits per heavy atom. The molecule has 0 saturated carbocycles. The van der Waals surface area contributed by atoms with Crippen molar-refractivity contribution in [2.24, 2.45) is 0 Å². The molecular formula is C13H16N6O. The third kappa shape index (κ3) is 2.11. The van der Waals surface area contributed by atoms with Crippen LogP contribution in [0.2, 0.25) is 0 Å². The standard InChI is InChI=1S/C13H16N6O/c1-4-19(9(2)3)13-15-12(20-17-13)10-5-6-11-16-14-8-18(11)7-10/h5-9H,4H2,1-3H3. The molecule has 0 aliphatic rings. The monoisotopic (exact) mass is 272 g/mol. The van der Waals surface area contributed by atoms with Gasteiger partial charge in [-0.3, -0.25) is 4.40 Å². The molecule has 3 heterocycles. The molecule has 0 aliphatic carbocycles. The summed E-state index contributed by atoms with van der Waals surface area (Å²) in [7, 11) is 0. The van der Waals surface area contributed by atoms with Crippen molar-refractivity contribution in [3.8, 4) is 11.5 Å². The summed E-state index contributed by atoms with van der Waals surface area (Å²) >= 11 is 0. The van der Waals surface area contributed by atoms with E-state index in [4.69, 9.17) is 4.52 Å². The van der Waals surface area contributed by atoms with E-state index in [0.717, 1.165) is 17.8 Å². The fourth-order valence-electron chi connectivity index (χ4n) is 2.14. The molecule has 104 valence electrons. The van der Waals surface area contributed by atoms with Crippen LogP contribution in [-0.4, -0.2) is 37.3 Å². The largest absolute Gasteiger partial charge is 0.336 e. The SMILES string of the molecule is CCN(c1noc(-c2ccc3nncn3c2)n1)C(C)C. The van der Waals surface area contributed by atoms with Crippen LogP contribution >= 0.6 is 0 Å². The first-order valence-electron chi connectivity index (χ1n) is 6.59. The second-order valence-corrected chi connectivity index (χ2v) is 4.79. The normalized spacial score (nSPS) is 11.4.